The van der Waals surface area contributed by atoms with Crippen LogP contribution in [0.4, 0.5) is 4.39 Å². The van der Waals surface area contributed by atoms with E-state index >= 15 is 0 Å². The Morgan fingerprint density at radius 2 is 1.93 bits per heavy atom. The van der Waals surface area contributed by atoms with Crippen LogP contribution >= 0.6 is 23.4 Å². The van der Waals surface area contributed by atoms with Crippen molar-refractivity contribution in [3.05, 3.63) is 22.5 Å². The van der Waals surface area contributed by atoms with Crippen molar-refractivity contribution in [1.29, 1.82) is 0 Å². The van der Waals surface area contributed by atoms with Crippen LogP contribution in [0.15, 0.2) is 0 Å². The maximum absolute atomic E-state index is 13.1. The number of hydrogen-bond donors (Lipinski definition) is 0. The maximum Gasteiger partial charge on any atom is 0.181 e. The lowest BCUT2D eigenvalue weighted by molar-refractivity contribution is 0.598. The van der Waals surface area contributed by atoms with Gasteiger partial charge in [-0.05, 0) is 6.92 Å². The first-order valence-corrected chi connectivity index (χ1v) is 5.98. The van der Waals surface area contributed by atoms with Crippen LogP contribution in [0.25, 0.3) is 0 Å². The fraction of sp³-hybridized carbons (Fsp3) is 0.600. The zero-order chi connectivity index (χ0) is 11.6. The van der Waals surface area contributed by atoms with E-state index in [0.717, 1.165) is 0 Å². The molecule has 1 aromatic rings. The monoisotopic (exact) mass is 248 g/mol. The van der Waals surface area contributed by atoms with Gasteiger partial charge in [0, 0.05) is 4.75 Å². The lowest BCUT2D eigenvalue weighted by atomic mass is 10.3. The van der Waals surface area contributed by atoms with Gasteiger partial charge in [-0.2, -0.15) is 0 Å². The van der Waals surface area contributed by atoms with Gasteiger partial charge in [0.25, 0.3) is 0 Å². The molecule has 0 atom stereocenters. The predicted molar refractivity (Wildman–Crippen MR) is 62.8 cm³/mol. The van der Waals surface area contributed by atoms with Gasteiger partial charge >= 0.3 is 0 Å². The number of rotatable bonds is 2. The summed E-state index contributed by atoms with van der Waals surface area (Å²) in [7, 11) is 0. The van der Waals surface area contributed by atoms with Gasteiger partial charge in [-0.3, -0.25) is 0 Å². The van der Waals surface area contributed by atoms with Crippen molar-refractivity contribution >= 4 is 23.4 Å². The molecule has 84 valence electrons. The number of hydrogen-bond acceptors (Lipinski definition) is 3. The van der Waals surface area contributed by atoms with E-state index in [-0.39, 0.29) is 9.90 Å². The van der Waals surface area contributed by atoms with E-state index in [1.54, 1.807) is 18.7 Å². The molecule has 0 aliphatic carbocycles. The first-order valence-electron chi connectivity index (χ1n) is 4.62. The third-order valence-electron chi connectivity index (χ3n) is 1.66. The third-order valence-corrected chi connectivity index (χ3v) is 3.18. The molecule has 0 radical (unpaired) electrons. The molecule has 2 nitrogen and oxygen atoms in total. The molecule has 5 heteroatoms. The Morgan fingerprint density at radius 1 is 1.33 bits per heavy atom. The van der Waals surface area contributed by atoms with Gasteiger partial charge < -0.3 is 0 Å². The fourth-order valence-corrected chi connectivity index (χ4v) is 1.85. The molecule has 0 aromatic carbocycles. The molecule has 1 rings (SSSR count). The molecule has 0 spiro atoms. The van der Waals surface area contributed by atoms with E-state index in [4.69, 9.17) is 11.6 Å². The van der Waals surface area contributed by atoms with Crippen molar-refractivity contribution in [1.82, 2.24) is 9.97 Å². The quantitative estimate of drug-likeness (QED) is 0.748. The molecular weight excluding hydrogens is 235 g/mol. The van der Waals surface area contributed by atoms with Crippen LogP contribution in [-0.2, 0) is 5.75 Å². The topological polar surface area (TPSA) is 25.8 Å². The zero-order valence-electron chi connectivity index (χ0n) is 9.27. The van der Waals surface area contributed by atoms with Gasteiger partial charge in [-0.25, -0.2) is 14.4 Å². The summed E-state index contributed by atoms with van der Waals surface area (Å²) in [5, 5.41) is -0.0907. The van der Waals surface area contributed by atoms with Gasteiger partial charge in [0.2, 0.25) is 0 Å². The van der Waals surface area contributed by atoms with Crippen LogP contribution in [-0.4, -0.2) is 14.7 Å². The number of halogens is 2. The summed E-state index contributed by atoms with van der Waals surface area (Å²) in [6, 6.07) is 0. The first-order chi connectivity index (χ1) is 6.79. The Hall–Kier alpha value is -0.350. The van der Waals surface area contributed by atoms with Crippen LogP contribution in [0.1, 0.15) is 32.3 Å². The molecule has 0 unspecified atom stereocenters. The first kappa shape index (κ1) is 12.7. The molecule has 1 aromatic heterocycles. The molecule has 0 saturated carbocycles. The lowest BCUT2D eigenvalue weighted by Gasteiger charge is -2.16. The van der Waals surface area contributed by atoms with E-state index in [1.165, 1.54) is 0 Å². The normalized spacial score (nSPS) is 11.9. The molecule has 15 heavy (non-hydrogen) atoms. The van der Waals surface area contributed by atoms with Crippen LogP contribution in [0.2, 0.25) is 5.15 Å². The van der Waals surface area contributed by atoms with E-state index in [1.807, 2.05) is 0 Å². The molecule has 0 aliphatic heterocycles. The molecular formula is C10H14ClFN2S. The summed E-state index contributed by atoms with van der Waals surface area (Å²) in [4.78, 5) is 7.94. The molecule has 0 amide bonds. The SMILES string of the molecule is Cc1nc(CSC(C)(C)C)nc(Cl)c1F. The number of aryl methyl sites for hydroxylation is 1. The summed E-state index contributed by atoms with van der Waals surface area (Å²) >= 11 is 7.34. The second-order valence-electron chi connectivity index (χ2n) is 4.23. The fourth-order valence-electron chi connectivity index (χ4n) is 0.925. The summed E-state index contributed by atoms with van der Waals surface area (Å²) < 4.78 is 13.3. The summed E-state index contributed by atoms with van der Waals surface area (Å²) in [6.07, 6.45) is 0. The van der Waals surface area contributed by atoms with E-state index in [2.05, 4.69) is 30.7 Å². The van der Waals surface area contributed by atoms with E-state index < -0.39 is 5.82 Å². The van der Waals surface area contributed by atoms with Crippen molar-refractivity contribution in [2.75, 3.05) is 0 Å². The number of thioether (sulfide) groups is 1. The van der Waals surface area contributed by atoms with E-state index in [0.29, 0.717) is 17.3 Å². The average molecular weight is 249 g/mol. The highest BCUT2D eigenvalue weighted by Crippen LogP contribution is 2.26. The van der Waals surface area contributed by atoms with Gasteiger partial charge in [-0.1, -0.05) is 32.4 Å². The Labute approximate surface area is 98.7 Å². The van der Waals surface area contributed by atoms with Crippen LogP contribution in [0.3, 0.4) is 0 Å². The Morgan fingerprint density at radius 3 is 2.40 bits per heavy atom. The number of aromatic nitrogens is 2. The second-order valence-corrected chi connectivity index (χ2v) is 6.39. The van der Waals surface area contributed by atoms with Gasteiger partial charge in [0.15, 0.2) is 11.0 Å². The summed E-state index contributed by atoms with van der Waals surface area (Å²) in [6.45, 7) is 7.91. The molecule has 0 saturated heterocycles. The van der Waals surface area contributed by atoms with Crippen molar-refractivity contribution in [3.63, 3.8) is 0 Å². The second kappa shape index (κ2) is 4.66. The number of nitrogens with zero attached hydrogens (tertiary/aromatic N) is 2. The van der Waals surface area contributed by atoms with Crippen molar-refractivity contribution in [2.45, 2.75) is 38.2 Å². The van der Waals surface area contributed by atoms with Crippen molar-refractivity contribution in [2.24, 2.45) is 0 Å². The van der Waals surface area contributed by atoms with Crippen LogP contribution < -0.4 is 0 Å². The third kappa shape index (κ3) is 3.95. The highest BCUT2D eigenvalue weighted by atomic mass is 35.5. The lowest BCUT2D eigenvalue weighted by Crippen LogP contribution is -2.09. The minimum absolute atomic E-state index is 0.0907. The van der Waals surface area contributed by atoms with Gasteiger partial charge in [-0.15, -0.1) is 11.8 Å². The highest BCUT2D eigenvalue weighted by Gasteiger charge is 2.14. The van der Waals surface area contributed by atoms with Crippen LogP contribution in [0, 0.1) is 12.7 Å². The summed E-state index contributed by atoms with van der Waals surface area (Å²) in [5.41, 5.74) is 0.305. The van der Waals surface area contributed by atoms with Gasteiger partial charge in [0.05, 0.1) is 11.4 Å². The molecule has 0 bridgehead atoms. The zero-order valence-corrected chi connectivity index (χ0v) is 10.8. The largest absolute Gasteiger partial charge is 0.234 e. The Bertz CT molecular complexity index is 340. The smallest absolute Gasteiger partial charge is 0.181 e. The molecule has 0 aliphatic rings. The molecule has 0 fully saturated rings. The highest BCUT2D eigenvalue weighted by molar-refractivity contribution is 7.99. The molecule has 1 heterocycles. The maximum atomic E-state index is 13.1. The molecule has 0 N–H and O–H groups in total. The minimum atomic E-state index is -0.527. The minimum Gasteiger partial charge on any atom is -0.234 e. The average Bonchev–Trinajstić information content (AvgIpc) is 2.09. The van der Waals surface area contributed by atoms with Gasteiger partial charge in [0.1, 0.15) is 5.82 Å². The predicted octanol–water partition coefficient (Wildman–Crippen LogP) is 3.61. The summed E-state index contributed by atoms with van der Waals surface area (Å²) in [5.74, 6) is 0.699. The van der Waals surface area contributed by atoms with E-state index in [9.17, 15) is 4.39 Å². The van der Waals surface area contributed by atoms with Crippen molar-refractivity contribution in [3.8, 4) is 0 Å². The van der Waals surface area contributed by atoms with Crippen LogP contribution in [0.5, 0.6) is 0 Å². The van der Waals surface area contributed by atoms with Crippen molar-refractivity contribution < 1.29 is 4.39 Å². The Kier molecular flexibility index (Phi) is 3.95. The standard InChI is InChI=1S/C10H14ClFN2S/c1-6-8(12)9(11)14-7(13-6)5-15-10(2,3)4/h5H2,1-4H3. The Balaban J connectivity index is 2.80.